The lowest BCUT2D eigenvalue weighted by atomic mass is 10.0. The maximum absolute atomic E-state index is 14.6. The molecule has 0 saturated carbocycles. The number of likely N-dealkylation sites (tertiary alicyclic amines) is 1. The Balaban J connectivity index is 1.53. The average molecular weight is 453 g/mol. The number of aliphatic hydroxyl groups is 1. The third kappa shape index (κ3) is 4.73. The van der Waals surface area contributed by atoms with Gasteiger partial charge in [-0.05, 0) is 64.3 Å². The SMILES string of the molecule is Cc1ncc(-c2nc(Nc3ccc(C(=O)N4CCCCC4CO)cc3)ncc2F)n1C(C)C. The number of piperidine rings is 1. The highest BCUT2D eigenvalue weighted by atomic mass is 19.1. The van der Waals surface area contributed by atoms with Crippen molar-refractivity contribution in [1.29, 1.82) is 0 Å². The number of halogens is 1. The summed E-state index contributed by atoms with van der Waals surface area (Å²) in [5, 5.41) is 12.7. The average Bonchev–Trinajstić information content (AvgIpc) is 3.21. The summed E-state index contributed by atoms with van der Waals surface area (Å²) >= 11 is 0. The highest BCUT2D eigenvalue weighted by Crippen LogP contribution is 2.27. The first kappa shape index (κ1) is 22.8. The van der Waals surface area contributed by atoms with Crippen LogP contribution in [0.2, 0.25) is 0 Å². The van der Waals surface area contributed by atoms with E-state index in [9.17, 15) is 14.3 Å². The number of nitrogens with zero attached hydrogens (tertiary/aromatic N) is 5. The van der Waals surface area contributed by atoms with E-state index in [-0.39, 0.29) is 36.2 Å². The van der Waals surface area contributed by atoms with Crippen LogP contribution in [-0.2, 0) is 0 Å². The number of imidazole rings is 1. The third-order valence-electron chi connectivity index (χ3n) is 5.97. The van der Waals surface area contributed by atoms with Crippen LogP contribution in [0.5, 0.6) is 0 Å². The fraction of sp³-hybridized carbons (Fsp3) is 0.417. The van der Waals surface area contributed by atoms with Crippen molar-refractivity contribution >= 4 is 17.5 Å². The van der Waals surface area contributed by atoms with Crippen LogP contribution >= 0.6 is 0 Å². The fourth-order valence-electron chi connectivity index (χ4n) is 4.34. The van der Waals surface area contributed by atoms with Gasteiger partial charge in [-0.2, -0.15) is 0 Å². The molecule has 0 aliphatic carbocycles. The Hall–Kier alpha value is -3.33. The summed E-state index contributed by atoms with van der Waals surface area (Å²) in [5.74, 6) is 0.419. The van der Waals surface area contributed by atoms with Gasteiger partial charge in [0.05, 0.1) is 30.7 Å². The molecule has 174 valence electrons. The molecule has 1 aliphatic heterocycles. The van der Waals surface area contributed by atoms with Crippen molar-refractivity contribution in [3.63, 3.8) is 0 Å². The summed E-state index contributed by atoms with van der Waals surface area (Å²) in [4.78, 5) is 27.4. The first-order valence-corrected chi connectivity index (χ1v) is 11.2. The minimum Gasteiger partial charge on any atom is -0.394 e. The molecule has 0 spiro atoms. The van der Waals surface area contributed by atoms with E-state index in [0.717, 1.165) is 31.3 Å². The molecule has 3 aromatic rings. The van der Waals surface area contributed by atoms with Gasteiger partial charge >= 0.3 is 0 Å². The predicted molar refractivity (Wildman–Crippen MR) is 124 cm³/mol. The number of anilines is 2. The largest absolute Gasteiger partial charge is 0.394 e. The van der Waals surface area contributed by atoms with Crippen molar-refractivity contribution < 1.29 is 14.3 Å². The number of rotatable bonds is 6. The zero-order valence-corrected chi connectivity index (χ0v) is 19.1. The number of nitrogens with one attached hydrogen (secondary N) is 1. The highest BCUT2D eigenvalue weighted by molar-refractivity contribution is 5.95. The molecule has 0 bridgehead atoms. The van der Waals surface area contributed by atoms with Gasteiger partial charge in [-0.1, -0.05) is 0 Å². The van der Waals surface area contributed by atoms with Crippen molar-refractivity contribution in [3.8, 4) is 11.4 Å². The number of benzene rings is 1. The van der Waals surface area contributed by atoms with E-state index in [4.69, 9.17) is 0 Å². The Labute approximate surface area is 192 Å². The van der Waals surface area contributed by atoms with Gasteiger partial charge in [-0.15, -0.1) is 0 Å². The van der Waals surface area contributed by atoms with E-state index in [2.05, 4.69) is 20.3 Å². The van der Waals surface area contributed by atoms with E-state index in [0.29, 0.717) is 23.5 Å². The summed E-state index contributed by atoms with van der Waals surface area (Å²) in [7, 11) is 0. The zero-order chi connectivity index (χ0) is 23.5. The molecule has 1 unspecified atom stereocenters. The molecule has 1 aliphatic rings. The minimum atomic E-state index is -0.525. The Morgan fingerprint density at radius 2 is 1.97 bits per heavy atom. The van der Waals surface area contributed by atoms with Crippen LogP contribution in [0.3, 0.4) is 0 Å². The number of aliphatic hydroxyl groups excluding tert-OH is 1. The molecule has 2 aromatic heterocycles. The zero-order valence-electron chi connectivity index (χ0n) is 19.1. The van der Waals surface area contributed by atoms with Crippen molar-refractivity contribution in [3.05, 3.63) is 53.9 Å². The molecule has 33 heavy (non-hydrogen) atoms. The van der Waals surface area contributed by atoms with Gasteiger partial charge < -0.3 is 19.9 Å². The second kappa shape index (κ2) is 9.66. The molecule has 1 saturated heterocycles. The van der Waals surface area contributed by atoms with Crippen molar-refractivity contribution in [2.24, 2.45) is 0 Å². The molecular formula is C24H29FN6O2. The number of aromatic nitrogens is 4. The van der Waals surface area contributed by atoms with Gasteiger partial charge in [0.15, 0.2) is 5.82 Å². The van der Waals surface area contributed by atoms with E-state index in [1.807, 2.05) is 25.3 Å². The molecule has 1 aromatic carbocycles. The second-order valence-electron chi connectivity index (χ2n) is 8.58. The molecule has 1 amide bonds. The lowest BCUT2D eigenvalue weighted by Gasteiger charge is -2.34. The smallest absolute Gasteiger partial charge is 0.254 e. The Morgan fingerprint density at radius 3 is 2.67 bits per heavy atom. The lowest BCUT2D eigenvalue weighted by molar-refractivity contribution is 0.0503. The Kier molecular flexibility index (Phi) is 6.69. The predicted octanol–water partition coefficient (Wildman–Crippen LogP) is 4.10. The van der Waals surface area contributed by atoms with Gasteiger partial charge in [0, 0.05) is 23.8 Å². The molecule has 1 fully saturated rings. The molecule has 9 heteroatoms. The number of amides is 1. The molecular weight excluding hydrogens is 423 g/mol. The van der Waals surface area contributed by atoms with E-state index >= 15 is 0 Å². The number of hydrogen-bond acceptors (Lipinski definition) is 6. The number of carbonyl (C=O) groups excluding carboxylic acids is 1. The van der Waals surface area contributed by atoms with Gasteiger partial charge in [0.1, 0.15) is 11.5 Å². The summed E-state index contributed by atoms with van der Waals surface area (Å²) in [6.07, 6.45) is 5.55. The fourth-order valence-corrected chi connectivity index (χ4v) is 4.34. The maximum Gasteiger partial charge on any atom is 0.254 e. The maximum atomic E-state index is 14.6. The summed E-state index contributed by atoms with van der Waals surface area (Å²) < 4.78 is 16.5. The molecule has 0 radical (unpaired) electrons. The first-order valence-electron chi connectivity index (χ1n) is 11.2. The molecule has 4 rings (SSSR count). The van der Waals surface area contributed by atoms with Gasteiger partial charge in [0.2, 0.25) is 5.95 Å². The van der Waals surface area contributed by atoms with Crippen LogP contribution in [0.15, 0.2) is 36.7 Å². The Bertz CT molecular complexity index is 1130. The van der Waals surface area contributed by atoms with Crippen LogP contribution in [0.25, 0.3) is 11.4 Å². The summed E-state index contributed by atoms with van der Waals surface area (Å²) in [5.41, 5.74) is 1.99. The number of carbonyl (C=O) groups is 1. The minimum absolute atomic E-state index is 0.0230. The molecule has 3 heterocycles. The third-order valence-corrected chi connectivity index (χ3v) is 5.97. The first-order chi connectivity index (χ1) is 15.9. The molecule has 2 N–H and O–H groups in total. The highest BCUT2D eigenvalue weighted by Gasteiger charge is 2.26. The Morgan fingerprint density at radius 1 is 1.21 bits per heavy atom. The van der Waals surface area contributed by atoms with Crippen LogP contribution in [0.1, 0.15) is 55.3 Å². The van der Waals surface area contributed by atoms with Gasteiger partial charge in [-0.3, -0.25) is 4.79 Å². The molecule has 8 nitrogen and oxygen atoms in total. The van der Waals surface area contributed by atoms with E-state index in [1.165, 1.54) is 0 Å². The quantitative estimate of drug-likeness (QED) is 0.585. The van der Waals surface area contributed by atoms with E-state index in [1.54, 1.807) is 35.4 Å². The van der Waals surface area contributed by atoms with Crippen LogP contribution < -0.4 is 5.32 Å². The van der Waals surface area contributed by atoms with Crippen molar-refractivity contribution in [2.75, 3.05) is 18.5 Å². The van der Waals surface area contributed by atoms with Crippen molar-refractivity contribution in [2.45, 2.75) is 52.1 Å². The van der Waals surface area contributed by atoms with Gasteiger partial charge in [0.25, 0.3) is 5.91 Å². The number of hydrogen-bond donors (Lipinski definition) is 2. The standard InChI is InChI=1S/C24H29FN6O2/c1-15(2)31-16(3)26-13-21(31)22-20(25)12-27-24(29-22)28-18-9-7-17(8-10-18)23(33)30-11-5-4-6-19(30)14-32/h7-10,12-13,15,19,32H,4-6,11,14H2,1-3H3,(H,27,28,29). The van der Waals surface area contributed by atoms with Crippen LogP contribution in [0, 0.1) is 12.7 Å². The molecule has 1 atom stereocenters. The lowest BCUT2D eigenvalue weighted by Crippen LogP contribution is -2.45. The van der Waals surface area contributed by atoms with Gasteiger partial charge in [-0.25, -0.2) is 19.3 Å². The monoisotopic (exact) mass is 452 g/mol. The second-order valence-corrected chi connectivity index (χ2v) is 8.58. The van der Waals surface area contributed by atoms with Crippen molar-refractivity contribution in [1.82, 2.24) is 24.4 Å². The summed E-state index contributed by atoms with van der Waals surface area (Å²) in [6.45, 7) is 6.52. The normalized spacial score (nSPS) is 16.3. The topological polar surface area (TPSA) is 96.2 Å². The van der Waals surface area contributed by atoms with E-state index < -0.39 is 5.82 Å². The van der Waals surface area contributed by atoms with Crippen LogP contribution in [0.4, 0.5) is 16.0 Å². The summed E-state index contributed by atoms with van der Waals surface area (Å²) in [6, 6.07) is 6.96. The van der Waals surface area contributed by atoms with Crippen LogP contribution in [-0.4, -0.2) is 54.6 Å². The number of aryl methyl sites for hydroxylation is 1.